The molecule has 0 aliphatic rings. The van der Waals surface area contributed by atoms with Crippen molar-refractivity contribution in [2.45, 2.75) is 0 Å². The Labute approximate surface area is 236 Å². The summed E-state index contributed by atoms with van der Waals surface area (Å²) in [7, 11) is 0. The van der Waals surface area contributed by atoms with Gasteiger partial charge in [0.2, 0.25) is 0 Å². The van der Waals surface area contributed by atoms with Crippen LogP contribution in [0.5, 0.6) is 0 Å². The van der Waals surface area contributed by atoms with E-state index >= 15 is 0 Å². The molecule has 0 N–H and O–H groups in total. The van der Waals surface area contributed by atoms with Crippen LogP contribution in [-0.2, 0) is 0 Å². The summed E-state index contributed by atoms with van der Waals surface area (Å²) in [4.78, 5) is 4.83. The Bertz CT molecular complexity index is 2470. The van der Waals surface area contributed by atoms with Crippen molar-refractivity contribution < 1.29 is 0 Å². The maximum atomic E-state index is 4.83. The third kappa shape index (κ3) is 3.16. The maximum Gasteiger partial charge on any atom is 0.0786 e. The second-order valence-corrected chi connectivity index (χ2v) is 10.8. The lowest BCUT2D eigenvalue weighted by molar-refractivity contribution is 1.18. The molecule has 190 valence electrons. The highest BCUT2D eigenvalue weighted by atomic mass is 15.0. The van der Waals surface area contributed by atoms with Crippen molar-refractivity contribution in [3.8, 4) is 16.8 Å². The molecule has 2 nitrogen and oxygen atoms in total. The molecule has 2 aromatic heterocycles. The smallest absolute Gasteiger partial charge is 0.0786 e. The fourth-order valence-electron chi connectivity index (χ4n) is 6.86. The zero-order valence-corrected chi connectivity index (χ0v) is 22.3. The Morgan fingerprint density at radius 1 is 0.415 bits per heavy atom. The molecule has 0 bridgehead atoms. The first kappa shape index (κ1) is 22.4. The summed E-state index contributed by atoms with van der Waals surface area (Å²) in [5.41, 5.74) is 7.15. The van der Waals surface area contributed by atoms with Crippen LogP contribution in [0.15, 0.2) is 146 Å². The minimum absolute atomic E-state index is 1.06. The van der Waals surface area contributed by atoms with Crippen molar-refractivity contribution in [3.63, 3.8) is 0 Å². The van der Waals surface area contributed by atoms with Crippen LogP contribution in [0.3, 0.4) is 0 Å². The molecule has 0 atom stereocenters. The van der Waals surface area contributed by atoms with Crippen LogP contribution in [0.4, 0.5) is 0 Å². The molecule has 0 aliphatic heterocycles. The van der Waals surface area contributed by atoms with Crippen molar-refractivity contribution in [1.82, 2.24) is 9.55 Å². The Balaban J connectivity index is 1.41. The van der Waals surface area contributed by atoms with Crippen LogP contribution < -0.4 is 0 Å². The van der Waals surface area contributed by atoms with Crippen LogP contribution >= 0.6 is 0 Å². The number of hydrogen-bond acceptors (Lipinski definition) is 1. The number of para-hydroxylation sites is 2. The van der Waals surface area contributed by atoms with Crippen molar-refractivity contribution in [2.75, 3.05) is 0 Å². The Hall–Kier alpha value is -5.47. The van der Waals surface area contributed by atoms with Crippen molar-refractivity contribution >= 4 is 65.0 Å². The quantitative estimate of drug-likeness (QED) is 0.207. The second kappa shape index (κ2) is 8.51. The van der Waals surface area contributed by atoms with E-state index in [-0.39, 0.29) is 0 Å². The van der Waals surface area contributed by atoms with Crippen LogP contribution in [0.1, 0.15) is 0 Å². The van der Waals surface area contributed by atoms with Crippen molar-refractivity contribution in [2.24, 2.45) is 0 Å². The molecule has 41 heavy (non-hydrogen) atoms. The van der Waals surface area contributed by atoms with E-state index in [2.05, 4.69) is 144 Å². The molecule has 0 fully saturated rings. The highest BCUT2D eigenvalue weighted by Crippen LogP contribution is 2.43. The molecule has 2 heterocycles. The summed E-state index contributed by atoms with van der Waals surface area (Å²) in [6.45, 7) is 0. The predicted molar refractivity (Wildman–Crippen MR) is 174 cm³/mol. The number of nitrogens with zero attached hydrogens (tertiary/aromatic N) is 2. The molecule has 2 heteroatoms. The van der Waals surface area contributed by atoms with Gasteiger partial charge in [-0.1, -0.05) is 97.1 Å². The number of rotatable bonds is 2. The van der Waals surface area contributed by atoms with Gasteiger partial charge in [-0.15, -0.1) is 0 Å². The zero-order valence-electron chi connectivity index (χ0n) is 22.3. The van der Waals surface area contributed by atoms with E-state index in [9.17, 15) is 0 Å². The van der Waals surface area contributed by atoms with Gasteiger partial charge in [0.25, 0.3) is 0 Å². The lowest BCUT2D eigenvalue weighted by Gasteiger charge is -2.16. The monoisotopic (exact) mass is 520 g/mol. The van der Waals surface area contributed by atoms with E-state index in [1.165, 1.54) is 76.3 Å². The van der Waals surface area contributed by atoms with E-state index < -0.39 is 0 Å². The number of benzene rings is 7. The SMILES string of the molecule is c1ccc(-n2c3ccccc3c3cc(-c4cc5c6ccccc6c6ncccc6c5c5ccccc45)ccc32)cc1. The molecule has 0 spiro atoms. The largest absolute Gasteiger partial charge is 0.309 e. The van der Waals surface area contributed by atoms with Crippen LogP contribution in [0.2, 0.25) is 0 Å². The minimum Gasteiger partial charge on any atom is -0.309 e. The average Bonchev–Trinajstić information content (AvgIpc) is 3.38. The standard InChI is InChI=1S/C39H24N2/c1-2-11-26(12-3-1)41-36-19-9-8-15-29(36)34-23-25(20-21-37(34)41)33-24-35-28-14-5-7-17-31(28)39-32(18-10-22-40-39)38(35)30-16-6-4-13-27(30)33/h1-24H. The second-order valence-electron chi connectivity index (χ2n) is 10.8. The molecular formula is C39H24N2. The minimum atomic E-state index is 1.06. The molecule has 0 aliphatic carbocycles. The first-order valence-electron chi connectivity index (χ1n) is 14.1. The zero-order chi connectivity index (χ0) is 26.9. The molecule has 9 aromatic rings. The van der Waals surface area contributed by atoms with E-state index in [0.717, 1.165) is 5.52 Å². The van der Waals surface area contributed by atoms with E-state index in [0.29, 0.717) is 0 Å². The molecule has 0 saturated carbocycles. The third-order valence-corrected chi connectivity index (χ3v) is 8.59. The van der Waals surface area contributed by atoms with Gasteiger partial charge < -0.3 is 4.57 Å². The number of pyridine rings is 1. The van der Waals surface area contributed by atoms with Gasteiger partial charge in [-0.25, -0.2) is 0 Å². The van der Waals surface area contributed by atoms with Gasteiger partial charge in [0, 0.05) is 33.4 Å². The molecule has 0 amide bonds. The lowest BCUT2D eigenvalue weighted by atomic mass is 9.88. The topological polar surface area (TPSA) is 17.8 Å². The highest BCUT2D eigenvalue weighted by Gasteiger charge is 2.17. The fraction of sp³-hybridized carbons (Fsp3) is 0. The van der Waals surface area contributed by atoms with Crippen LogP contribution in [0, 0.1) is 0 Å². The van der Waals surface area contributed by atoms with Gasteiger partial charge in [0.15, 0.2) is 0 Å². The summed E-state index contributed by atoms with van der Waals surface area (Å²) < 4.78 is 2.37. The van der Waals surface area contributed by atoms with Crippen molar-refractivity contribution in [3.05, 3.63) is 146 Å². The van der Waals surface area contributed by atoms with Crippen LogP contribution in [0.25, 0.3) is 81.8 Å². The van der Waals surface area contributed by atoms with Gasteiger partial charge >= 0.3 is 0 Å². The molecule has 0 saturated heterocycles. The number of hydrogen-bond donors (Lipinski definition) is 0. The lowest BCUT2D eigenvalue weighted by Crippen LogP contribution is -1.93. The molecule has 0 unspecified atom stereocenters. The Morgan fingerprint density at radius 3 is 1.93 bits per heavy atom. The Kier molecular flexibility index (Phi) is 4.64. The summed E-state index contributed by atoms with van der Waals surface area (Å²) in [6, 6.07) is 50.5. The summed E-state index contributed by atoms with van der Waals surface area (Å²) in [5, 5.41) is 11.2. The van der Waals surface area contributed by atoms with E-state index in [1.54, 1.807) is 0 Å². The van der Waals surface area contributed by atoms with Gasteiger partial charge in [-0.2, -0.15) is 0 Å². The number of aromatic nitrogens is 2. The number of fused-ring (bicyclic) bond motifs is 11. The molecule has 9 rings (SSSR count). The predicted octanol–water partition coefficient (Wildman–Crippen LogP) is 10.5. The highest BCUT2D eigenvalue weighted by molar-refractivity contribution is 6.32. The van der Waals surface area contributed by atoms with E-state index in [1.807, 2.05) is 6.20 Å². The first-order chi connectivity index (χ1) is 20.4. The average molecular weight is 521 g/mol. The maximum absolute atomic E-state index is 4.83. The van der Waals surface area contributed by atoms with Gasteiger partial charge in [0.1, 0.15) is 0 Å². The van der Waals surface area contributed by atoms with E-state index in [4.69, 9.17) is 4.98 Å². The summed E-state index contributed by atoms with van der Waals surface area (Å²) in [5.74, 6) is 0. The third-order valence-electron chi connectivity index (χ3n) is 8.59. The van der Waals surface area contributed by atoms with Gasteiger partial charge in [0.05, 0.1) is 16.6 Å². The first-order valence-corrected chi connectivity index (χ1v) is 14.1. The fourth-order valence-corrected chi connectivity index (χ4v) is 6.86. The van der Waals surface area contributed by atoms with Gasteiger partial charge in [-0.3, -0.25) is 4.98 Å². The molecule has 0 radical (unpaired) electrons. The van der Waals surface area contributed by atoms with Crippen molar-refractivity contribution in [1.29, 1.82) is 0 Å². The summed E-state index contributed by atoms with van der Waals surface area (Å²) >= 11 is 0. The Morgan fingerprint density at radius 2 is 1.07 bits per heavy atom. The molecule has 7 aromatic carbocycles. The normalized spacial score (nSPS) is 11.9. The summed E-state index contributed by atoms with van der Waals surface area (Å²) in [6.07, 6.45) is 1.90. The van der Waals surface area contributed by atoms with Gasteiger partial charge in [-0.05, 0) is 80.5 Å². The van der Waals surface area contributed by atoms with Crippen LogP contribution in [-0.4, -0.2) is 9.55 Å². The molecular weight excluding hydrogens is 496 g/mol.